The fraction of sp³-hybridized carbons (Fsp3) is 0.412. The fourth-order valence-corrected chi connectivity index (χ4v) is 2.82. The topological polar surface area (TPSA) is 80.1 Å². The number of amides is 2. The summed E-state index contributed by atoms with van der Waals surface area (Å²) in [6, 6.07) is 7.73. The van der Waals surface area contributed by atoms with E-state index in [4.69, 9.17) is 0 Å². The Hall–Kier alpha value is -2.70. The van der Waals surface area contributed by atoms with Crippen LogP contribution in [0.5, 0.6) is 0 Å². The zero-order valence-corrected chi connectivity index (χ0v) is 14.0. The molecule has 1 aromatic heterocycles. The van der Waals surface area contributed by atoms with E-state index in [9.17, 15) is 9.59 Å². The molecule has 7 nitrogen and oxygen atoms in total. The van der Waals surface area contributed by atoms with Gasteiger partial charge in [-0.05, 0) is 38.0 Å². The minimum absolute atomic E-state index is 0.109. The van der Waals surface area contributed by atoms with E-state index in [1.165, 1.54) is 0 Å². The Kier molecular flexibility index (Phi) is 4.59. The van der Waals surface area contributed by atoms with Crippen LogP contribution in [0.15, 0.2) is 24.3 Å². The Balaban J connectivity index is 1.53. The first-order valence-corrected chi connectivity index (χ1v) is 8.07. The van der Waals surface area contributed by atoms with Crippen LogP contribution in [0.1, 0.15) is 30.1 Å². The molecule has 2 aromatic rings. The van der Waals surface area contributed by atoms with Crippen LogP contribution in [0.2, 0.25) is 0 Å². The number of carbonyl (C=O) groups is 2. The maximum absolute atomic E-state index is 12.0. The third-order valence-corrected chi connectivity index (χ3v) is 4.07. The molecule has 1 aromatic carbocycles. The smallest absolute Gasteiger partial charge is 0.242 e. The Labute approximate surface area is 140 Å². The largest absolute Gasteiger partial charge is 0.350 e. The quantitative estimate of drug-likeness (QED) is 0.898. The van der Waals surface area contributed by atoms with Gasteiger partial charge in [0.05, 0.1) is 0 Å². The molecule has 1 aliphatic heterocycles. The Morgan fingerprint density at radius 2 is 2.00 bits per heavy atom. The van der Waals surface area contributed by atoms with E-state index in [2.05, 4.69) is 15.4 Å². The highest BCUT2D eigenvalue weighted by atomic mass is 16.2. The van der Waals surface area contributed by atoms with Crippen molar-refractivity contribution in [3.05, 3.63) is 41.5 Å². The second-order valence-electron chi connectivity index (χ2n) is 5.96. The van der Waals surface area contributed by atoms with Crippen molar-refractivity contribution in [2.75, 3.05) is 11.4 Å². The predicted octanol–water partition coefficient (Wildman–Crippen LogP) is 1.34. The lowest BCUT2D eigenvalue weighted by atomic mass is 10.2. The SMILES string of the molecule is Cc1nc(C)n(CC(=O)NCc2ccc(N3CCCC3=O)cc2)n1. The number of carbonyl (C=O) groups excluding carboxylic acids is 2. The molecule has 0 aliphatic carbocycles. The molecule has 0 bridgehead atoms. The number of hydrogen-bond donors (Lipinski definition) is 1. The first kappa shape index (κ1) is 16.2. The van der Waals surface area contributed by atoms with Gasteiger partial charge in [-0.2, -0.15) is 5.10 Å². The molecule has 1 fully saturated rings. The minimum Gasteiger partial charge on any atom is -0.350 e. The molecule has 1 aliphatic rings. The van der Waals surface area contributed by atoms with Crippen LogP contribution in [-0.4, -0.2) is 33.1 Å². The van der Waals surface area contributed by atoms with Crippen molar-refractivity contribution in [1.82, 2.24) is 20.1 Å². The summed E-state index contributed by atoms with van der Waals surface area (Å²) in [4.78, 5) is 29.7. The molecule has 1 saturated heterocycles. The maximum atomic E-state index is 12.0. The average Bonchev–Trinajstić information content (AvgIpc) is 3.11. The van der Waals surface area contributed by atoms with Gasteiger partial charge in [0.25, 0.3) is 0 Å². The van der Waals surface area contributed by atoms with Crippen molar-refractivity contribution in [1.29, 1.82) is 0 Å². The van der Waals surface area contributed by atoms with Crippen molar-refractivity contribution in [3.8, 4) is 0 Å². The van der Waals surface area contributed by atoms with Gasteiger partial charge in [-0.1, -0.05) is 12.1 Å². The van der Waals surface area contributed by atoms with Crippen molar-refractivity contribution in [2.45, 2.75) is 39.8 Å². The summed E-state index contributed by atoms with van der Waals surface area (Å²) in [6.07, 6.45) is 1.54. The molecular weight excluding hydrogens is 306 g/mol. The van der Waals surface area contributed by atoms with Gasteiger partial charge < -0.3 is 10.2 Å². The number of rotatable bonds is 5. The summed E-state index contributed by atoms with van der Waals surface area (Å²) in [7, 11) is 0. The number of aryl methyl sites for hydroxylation is 2. The maximum Gasteiger partial charge on any atom is 0.242 e. The molecule has 2 amide bonds. The highest BCUT2D eigenvalue weighted by Gasteiger charge is 2.21. The number of hydrogen-bond acceptors (Lipinski definition) is 4. The highest BCUT2D eigenvalue weighted by Crippen LogP contribution is 2.21. The van der Waals surface area contributed by atoms with Crippen LogP contribution >= 0.6 is 0 Å². The fourth-order valence-electron chi connectivity index (χ4n) is 2.82. The van der Waals surface area contributed by atoms with E-state index < -0.39 is 0 Å². The van der Waals surface area contributed by atoms with Gasteiger partial charge in [-0.25, -0.2) is 9.67 Å². The zero-order valence-electron chi connectivity index (χ0n) is 14.0. The van der Waals surface area contributed by atoms with Crippen LogP contribution in [0.4, 0.5) is 5.69 Å². The number of nitrogens with zero attached hydrogens (tertiary/aromatic N) is 4. The van der Waals surface area contributed by atoms with E-state index in [1.807, 2.05) is 31.2 Å². The molecule has 1 N–H and O–H groups in total. The summed E-state index contributed by atoms with van der Waals surface area (Å²) in [5.74, 6) is 1.45. The lowest BCUT2D eigenvalue weighted by Crippen LogP contribution is -2.28. The summed E-state index contributed by atoms with van der Waals surface area (Å²) in [6.45, 7) is 5.01. The van der Waals surface area contributed by atoms with Gasteiger partial charge >= 0.3 is 0 Å². The average molecular weight is 327 g/mol. The molecule has 2 heterocycles. The molecule has 0 saturated carbocycles. The predicted molar refractivity (Wildman–Crippen MR) is 89.4 cm³/mol. The molecular formula is C17H21N5O2. The van der Waals surface area contributed by atoms with Crippen LogP contribution in [0, 0.1) is 13.8 Å². The summed E-state index contributed by atoms with van der Waals surface area (Å²) in [5.41, 5.74) is 1.91. The van der Waals surface area contributed by atoms with E-state index in [0.717, 1.165) is 30.0 Å². The van der Waals surface area contributed by atoms with Gasteiger partial charge in [-0.3, -0.25) is 9.59 Å². The van der Waals surface area contributed by atoms with E-state index in [0.29, 0.717) is 18.8 Å². The number of nitrogens with one attached hydrogen (secondary N) is 1. The lowest BCUT2D eigenvalue weighted by Gasteiger charge is -2.16. The van der Waals surface area contributed by atoms with Crippen LogP contribution < -0.4 is 10.2 Å². The first-order chi connectivity index (χ1) is 11.5. The highest BCUT2D eigenvalue weighted by molar-refractivity contribution is 5.95. The number of benzene rings is 1. The standard InChI is InChI=1S/C17H21N5O2/c1-12-19-13(2)22(20-12)11-16(23)18-10-14-5-7-15(8-6-14)21-9-3-4-17(21)24/h5-8H,3-4,9-11H2,1-2H3,(H,18,23). The van der Waals surface area contributed by atoms with Gasteiger partial charge in [0.2, 0.25) is 11.8 Å². The Bertz CT molecular complexity index is 751. The second-order valence-corrected chi connectivity index (χ2v) is 5.96. The molecule has 24 heavy (non-hydrogen) atoms. The molecule has 126 valence electrons. The second kappa shape index (κ2) is 6.82. The summed E-state index contributed by atoms with van der Waals surface area (Å²) in [5, 5.41) is 7.05. The van der Waals surface area contributed by atoms with E-state index in [-0.39, 0.29) is 18.4 Å². The van der Waals surface area contributed by atoms with Crippen molar-refractivity contribution in [2.24, 2.45) is 0 Å². The third kappa shape index (κ3) is 3.61. The van der Waals surface area contributed by atoms with Gasteiger partial charge in [0, 0.05) is 25.2 Å². The molecule has 0 radical (unpaired) electrons. The van der Waals surface area contributed by atoms with E-state index >= 15 is 0 Å². The molecule has 3 rings (SSSR count). The third-order valence-electron chi connectivity index (χ3n) is 4.07. The van der Waals surface area contributed by atoms with Crippen LogP contribution in [-0.2, 0) is 22.7 Å². The van der Waals surface area contributed by atoms with Crippen molar-refractivity contribution >= 4 is 17.5 Å². The van der Waals surface area contributed by atoms with Gasteiger partial charge in [0.15, 0.2) is 0 Å². The van der Waals surface area contributed by atoms with Gasteiger partial charge in [0.1, 0.15) is 18.2 Å². The van der Waals surface area contributed by atoms with Gasteiger partial charge in [-0.15, -0.1) is 0 Å². The number of aromatic nitrogens is 3. The number of anilines is 1. The first-order valence-electron chi connectivity index (χ1n) is 8.07. The zero-order chi connectivity index (χ0) is 17.1. The summed E-state index contributed by atoms with van der Waals surface area (Å²) >= 11 is 0. The van der Waals surface area contributed by atoms with Crippen molar-refractivity contribution < 1.29 is 9.59 Å². The van der Waals surface area contributed by atoms with E-state index in [1.54, 1.807) is 16.5 Å². The minimum atomic E-state index is -0.109. The molecule has 0 atom stereocenters. The molecule has 7 heteroatoms. The Morgan fingerprint density at radius 1 is 1.25 bits per heavy atom. The lowest BCUT2D eigenvalue weighted by molar-refractivity contribution is -0.122. The van der Waals surface area contributed by atoms with Crippen molar-refractivity contribution in [3.63, 3.8) is 0 Å². The van der Waals surface area contributed by atoms with Crippen LogP contribution in [0.3, 0.4) is 0 Å². The normalized spacial score (nSPS) is 14.2. The molecule has 0 unspecified atom stereocenters. The summed E-state index contributed by atoms with van der Waals surface area (Å²) < 4.78 is 1.59. The molecule has 0 spiro atoms. The van der Waals surface area contributed by atoms with Crippen LogP contribution in [0.25, 0.3) is 0 Å². The monoisotopic (exact) mass is 327 g/mol. The Morgan fingerprint density at radius 3 is 2.58 bits per heavy atom.